The molecular weight excluding hydrogens is 244 g/mol. The van der Waals surface area contributed by atoms with Gasteiger partial charge in [-0.3, -0.25) is 4.68 Å². The van der Waals surface area contributed by atoms with Gasteiger partial charge in [0, 0.05) is 18.2 Å². The summed E-state index contributed by atoms with van der Waals surface area (Å²) in [6.45, 7) is 8.57. The summed E-state index contributed by atoms with van der Waals surface area (Å²) >= 11 is 6.28. The molecule has 2 aromatic rings. The molecule has 0 N–H and O–H groups in total. The number of rotatable bonds is 1. The standard InChI is InChI=1S/C15H19ClN2/c1-10-6-8-11(9-7-10)13-12(15(2,3)4)14(16)17-18(13)5/h6-9H,1-5H3. The van der Waals surface area contributed by atoms with E-state index in [9.17, 15) is 0 Å². The number of hydrogen-bond donors (Lipinski definition) is 0. The first kappa shape index (κ1) is 13.2. The second kappa shape index (κ2) is 4.43. The summed E-state index contributed by atoms with van der Waals surface area (Å²) in [5.74, 6) is 0. The molecule has 0 aliphatic rings. The van der Waals surface area contributed by atoms with Crippen molar-refractivity contribution in [3.05, 3.63) is 40.5 Å². The summed E-state index contributed by atoms with van der Waals surface area (Å²) in [6, 6.07) is 8.47. The molecule has 3 heteroatoms. The van der Waals surface area contributed by atoms with Gasteiger partial charge in [-0.25, -0.2) is 0 Å². The van der Waals surface area contributed by atoms with E-state index in [2.05, 4.69) is 57.1 Å². The van der Waals surface area contributed by atoms with Crippen molar-refractivity contribution in [2.24, 2.45) is 7.05 Å². The van der Waals surface area contributed by atoms with E-state index in [4.69, 9.17) is 11.6 Å². The fourth-order valence-electron chi connectivity index (χ4n) is 2.20. The van der Waals surface area contributed by atoms with Gasteiger partial charge in [-0.1, -0.05) is 62.2 Å². The van der Waals surface area contributed by atoms with Gasteiger partial charge in [0.25, 0.3) is 0 Å². The van der Waals surface area contributed by atoms with Crippen molar-refractivity contribution in [2.75, 3.05) is 0 Å². The smallest absolute Gasteiger partial charge is 0.155 e. The van der Waals surface area contributed by atoms with Crippen LogP contribution in [-0.4, -0.2) is 9.78 Å². The summed E-state index contributed by atoms with van der Waals surface area (Å²) in [6.07, 6.45) is 0. The second-order valence-corrected chi connectivity index (χ2v) is 6.11. The molecule has 0 aliphatic carbocycles. The maximum absolute atomic E-state index is 6.28. The maximum atomic E-state index is 6.28. The van der Waals surface area contributed by atoms with Gasteiger partial charge in [-0.15, -0.1) is 0 Å². The molecule has 1 heterocycles. The van der Waals surface area contributed by atoms with E-state index < -0.39 is 0 Å². The third kappa shape index (κ3) is 2.30. The van der Waals surface area contributed by atoms with E-state index in [1.54, 1.807) is 0 Å². The summed E-state index contributed by atoms with van der Waals surface area (Å²) in [5, 5.41) is 4.96. The molecule has 0 unspecified atom stereocenters. The highest BCUT2D eigenvalue weighted by atomic mass is 35.5. The lowest BCUT2D eigenvalue weighted by Gasteiger charge is -2.20. The van der Waals surface area contributed by atoms with E-state index in [0.717, 1.165) is 16.8 Å². The Balaban J connectivity index is 2.67. The zero-order valence-corrected chi connectivity index (χ0v) is 12.3. The van der Waals surface area contributed by atoms with E-state index in [1.807, 2.05) is 11.7 Å². The first-order valence-corrected chi connectivity index (χ1v) is 6.48. The topological polar surface area (TPSA) is 17.8 Å². The molecule has 96 valence electrons. The molecule has 2 nitrogen and oxygen atoms in total. The molecule has 0 bridgehead atoms. The van der Waals surface area contributed by atoms with Gasteiger partial charge in [0.2, 0.25) is 0 Å². The minimum atomic E-state index is -0.0223. The second-order valence-electron chi connectivity index (χ2n) is 5.75. The number of nitrogens with zero attached hydrogens (tertiary/aromatic N) is 2. The van der Waals surface area contributed by atoms with Crippen molar-refractivity contribution in [1.29, 1.82) is 0 Å². The van der Waals surface area contributed by atoms with Gasteiger partial charge >= 0.3 is 0 Å². The molecule has 0 atom stereocenters. The number of aryl methyl sites for hydroxylation is 2. The third-order valence-corrected chi connectivity index (χ3v) is 3.34. The Kier molecular flexibility index (Phi) is 3.24. The van der Waals surface area contributed by atoms with Crippen LogP contribution in [0.1, 0.15) is 31.9 Å². The van der Waals surface area contributed by atoms with Crippen molar-refractivity contribution in [2.45, 2.75) is 33.1 Å². The van der Waals surface area contributed by atoms with Crippen LogP contribution in [0.4, 0.5) is 0 Å². The monoisotopic (exact) mass is 262 g/mol. The lowest BCUT2D eigenvalue weighted by Crippen LogP contribution is -2.12. The average Bonchev–Trinajstić information content (AvgIpc) is 2.54. The molecule has 0 saturated carbocycles. The van der Waals surface area contributed by atoms with Crippen LogP contribution in [0, 0.1) is 6.92 Å². The first-order valence-electron chi connectivity index (χ1n) is 6.10. The molecule has 0 spiro atoms. The Morgan fingerprint density at radius 2 is 1.67 bits per heavy atom. The summed E-state index contributed by atoms with van der Waals surface area (Å²) in [7, 11) is 1.94. The Hall–Kier alpha value is -1.28. The number of benzene rings is 1. The Labute approximate surface area is 114 Å². The molecular formula is C15H19ClN2. The van der Waals surface area contributed by atoms with Crippen LogP contribution >= 0.6 is 11.6 Å². The van der Waals surface area contributed by atoms with Crippen LogP contribution in [0.3, 0.4) is 0 Å². The first-order chi connectivity index (χ1) is 8.30. The summed E-state index contributed by atoms with van der Waals surface area (Å²) < 4.78 is 1.87. The van der Waals surface area contributed by atoms with Gasteiger partial charge in [0.15, 0.2) is 5.15 Å². The van der Waals surface area contributed by atoms with E-state index >= 15 is 0 Å². The van der Waals surface area contributed by atoms with Crippen LogP contribution in [0.25, 0.3) is 11.3 Å². The normalized spacial score (nSPS) is 11.9. The number of halogens is 1. The molecule has 1 aromatic heterocycles. The van der Waals surface area contributed by atoms with Crippen molar-refractivity contribution in [1.82, 2.24) is 9.78 Å². The molecule has 0 saturated heterocycles. The molecule has 18 heavy (non-hydrogen) atoms. The lowest BCUT2D eigenvalue weighted by molar-refractivity contribution is 0.591. The number of aromatic nitrogens is 2. The lowest BCUT2D eigenvalue weighted by atomic mass is 9.85. The van der Waals surface area contributed by atoms with E-state index in [-0.39, 0.29) is 5.41 Å². The quantitative estimate of drug-likeness (QED) is 0.747. The Morgan fingerprint density at radius 3 is 2.17 bits per heavy atom. The molecule has 0 aliphatic heterocycles. The molecule has 0 amide bonds. The largest absolute Gasteiger partial charge is 0.266 e. The predicted molar refractivity (Wildman–Crippen MR) is 77.1 cm³/mol. The van der Waals surface area contributed by atoms with E-state index in [1.165, 1.54) is 5.56 Å². The summed E-state index contributed by atoms with van der Waals surface area (Å²) in [5.41, 5.74) is 4.60. The van der Waals surface area contributed by atoms with Gasteiger partial charge in [-0.2, -0.15) is 5.10 Å². The molecule has 1 aromatic carbocycles. The van der Waals surface area contributed by atoms with Crippen LogP contribution in [0.5, 0.6) is 0 Å². The molecule has 0 fully saturated rings. The highest BCUT2D eigenvalue weighted by molar-refractivity contribution is 6.30. The highest BCUT2D eigenvalue weighted by Crippen LogP contribution is 2.37. The zero-order chi connectivity index (χ0) is 13.5. The SMILES string of the molecule is Cc1ccc(-c2c(C(C)(C)C)c(Cl)nn2C)cc1. The van der Waals surface area contributed by atoms with Crippen molar-refractivity contribution < 1.29 is 0 Å². The molecule has 2 rings (SSSR count). The predicted octanol–water partition coefficient (Wildman–Crippen LogP) is 4.35. The van der Waals surface area contributed by atoms with Crippen LogP contribution in [0.15, 0.2) is 24.3 Å². The number of hydrogen-bond acceptors (Lipinski definition) is 1. The van der Waals surface area contributed by atoms with Crippen LogP contribution in [0.2, 0.25) is 5.15 Å². The highest BCUT2D eigenvalue weighted by Gasteiger charge is 2.26. The van der Waals surface area contributed by atoms with Crippen molar-refractivity contribution >= 4 is 11.6 Å². The van der Waals surface area contributed by atoms with Gasteiger partial charge < -0.3 is 0 Å². The zero-order valence-electron chi connectivity index (χ0n) is 11.6. The Morgan fingerprint density at radius 1 is 1.11 bits per heavy atom. The average molecular weight is 263 g/mol. The van der Waals surface area contributed by atoms with Crippen molar-refractivity contribution in [3.63, 3.8) is 0 Å². The van der Waals surface area contributed by atoms with E-state index in [0.29, 0.717) is 5.15 Å². The van der Waals surface area contributed by atoms with Crippen LogP contribution < -0.4 is 0 Å². The van der Waals surface area contributed by atoms with Gasteiger partial charge in [0.05, 0.1) is 5.69 Å². The van der Waals surface area contributed by atoms with Gasteiger partial charge in [0.1, 0.15) is 0 Å². The summed E-state index contributed by atoms with van der Waals surface area (Å²) in [4.78, 5) is 0. The molecule has 0 radical (unpaired) electrons. The van der Waals surface area contributed by atoms with Crippen LogP contribution in [-0.2, 0) is 12.5 Å². The minimum absolute atomic E-state index is 0.0223. The fraction of sp³-hybridized carbons (Fsp3) is 0.400. The fourth-order valence-corrected chi connectivity index (χ4v) is 2.68. The van der Waals surface area contributed by atoms with Gasteiger partial charge in [-0.05, 0) is 12.3 Å². The van der Waals surface area contributed by atoms with Crippen molar-refractivity contribution in [3.8, 4) is 11.3 Å². The third-order valence-electron chi connectivity index (χ3n) is 3.08. The Bertz CT molecular complexity index is 559. The maximum Gasteiger partial charge on any atom is 0.155 e. The minimum Gasteiger partial charge on any atom is -0.266 e.